The van der Waals surface area contributed by atoms with Crippen LogP contribution in [-0.2, 0) is 14.0 Å². The summed E-state index contributed by atoms with van der Waals surface area (Å²) in [7, 11) is 0.144. The summed E-state index contributed by atoms with van der Waals surface area (Å²) >= 11 is 0. The van der Waals surface area contributed by atoms with Crippen molar-refractivity contribution in [3.63, 3.8) is 0 Å². The van der Waals surface area contributed by atoms with Crippen LogP contribution in [-0.4, -0.2) is 28.0 Å². The zero-order chi connectivity index (χ0) is 11.7. The fraction of sp³-hybridized carbons (Fsp3) is 0.727. The number of ether oxygens (including phenoxy) is 1. The summed E-state index contributed by atoms with van der Waals surface area (Å²) in [6.07, 6.45) is 2.32. The fourth-order valence-corrected chi connectivity index (χ4v) is 4.72. The van der Waals surface area contributed by atoms with E-state index in [1.54, 1.807) is 7.11 Å². The van der Waals surface area contributed by atoms with Crippen LogP contribution < -0.4 is 0 Å². The molecule has 0 N–H and O–H groups in total. The summed E-state index contributed by atoms with van der Waals surface area (Å²) in [5, 5.41) is 0. The SMILES string of the molecule is C=CC(=O)OCC[Si](CC)(CCC)OC. The summed E-state index contributed by atoms with van der Waals surface area (Å²) in [4.78, 5) is 10.9. The lowest BCUT2D eigenvalue weighted by atomic mass is 10.6. The molecule has 0 spiro atoms. The molecule has 0 saturated carbocycles. The van der Waals surface area contributed by atoms with Crippen LogP contribution in [0.25, 0.3) is 0 Å². The monoisotopic (exact) mass is 230 g/mol. The lowest BCUT2D eigenvalue weighted by Gasteiger charge is -2.27. The van der Waals surface area contributed by atoms with Gasteiger partial charge in [-0.3, -0.25) is 0 Å². The van der Waals surface area contributed by atoms with Crippen LogP contribution in [0.15, 0.2) is 12.7 Å². The lowest BCUT2D eigenvalue weighted by molar-refractivity contribution is -0.137. The van der Waals surface area contributed by atoms with Gasteiger partial charge in [0, 0.05) is 19.2 Å². The van der Waals surface area contributed by atoms with Crippen LogP contribution >= 0.6 is 0 Å². The predicted octanol–water partition coefficient (Wildman–Crippen LogP) is 2.74. The Morgan fingerprint density at radius 3 is 2.47 bits per heavy atom. The first-order valence-corrected chi connectivity index (χ1v) is 8.01. The fourth-order valence-electron chi connectivity index (χ4n) is 1.68. The molecule has 0 heterocycles. The van der Waals surface area contributed by atoms with Crippen LogP contribution in [0.3, 0.4) is 0 Å². The molecule has 4 heteroatoms. The highest BCUT2D eigenvalue weighted by molar-refractivity contribution is 6.73. The Morgan fingerprint density at radius 1 is 1.40 bits per heavy atom. The Morgan fingerprint density at radius 2 is 2.07 bits per heavy atom. The molecule has 0 rings (SSSR count). The summed E-state index contributed by atoms with van der Waals surface area (Å²) in [5.74, 6) is -0.346. The van der Waals surface area contributed by atoms with Crippen LogP contribution in [0.1, 0.15) is 20.3 Å². The van der Waals surface area contributed by atoms with Crippen molar-refractivity contribution in [3.8, 4) is 0 Å². The Bertz CT molecular complexity index is 200. The highest BCUT2D eigenvalue weighted by Gasteiger charge is 2.30. The van der Waals surface area contributed by atoms with Crippen molar-refractivity contribution in [1.82, 2.24) is 0 Å². The van der Waals surface area contributed by atoms with Gasteiger partial charge in [-0.05, 0) is 12.1 Å². The molecule has 88 valence electrons. The van der Waals surface area contributed by atoms with E-state index in [-0.39, 0.29) is 5.97 Å². The highest BCUT2D eigenvalue weighted by Crippen LogP contribution is 2.23. The van der Waals surface area contributed by atoms with E-state index in [4.69, 9.17) is 9.16 Å². The van der Waals surface area contributed by atoms with Crippen molar-refractivity contribution in [1.29, 1.82) is 0 Å². The smallest absolute Gasteiger partial charge is 0.330 e. The number of hydrogen-bond donors (Lipinski definition) is 0. The molecule has 0 radical (unpaired) electrons. The van der Waals surface area contributed by atoms with E-state index in [0.717, 1.165) is 24.6 Å². The summed E-state index contributed by atoms with van der Waals surface area (Å²) in [6.45, 7) is 8.13. The molecule has 0 saturated heterocycles. The van der Waals surface area contributed by atoms with Crippen molar-refractivity contribution in [2.75, 3.05) is 13.7 Å². The molecule has 0 aromatic rings. The molecule has 0 bridgehead atoms. The van der Waals surface area contributed by atoms with Crippen LogP contribution in [0.5, 0.6) is 0 Å². The van der Waals surface area contributed by atoms with Gasteiger partial charge in [-0.1, -0.05) is 26.8 Å². The number of hydrogen-bond acceptors (Lipinski definition) is 3. The maximum Gasteiger partial charge on any atom is 0.330 e. The van der Waals surface area contributed by atoms with Gasteiger partial charge in [0.05, 0.1) is 6.61 Å². The molecule has 0 fully saturated rings. The topological polar surface area (TPSA) is 35.5 Å². The average Bonchev–Trinajstić information content (AvgIpc) is 2.27. The Balaban J connectivity index is 4.05. The predicted molar refractivity (Wildman–Crippen MR) is 64.3 cm³/mol. The molecule has 0 amide bonds. The molecular weight excluding hydrogens is 208 g/mol. The third-order valence-electron chi connectivity index (χ3n) is 2.75. The maximum atomic E-state index is 10.9. The van der Waals surface area contributed by atoms with E-state index in [9.17, 15) is 4.79 Å². The van der Waals surface area contributed by atoms with E-state index >= 15 is 0 Å². The summed E-state index contributed by atoms with van der Waals surface area (Å²) in [6, 6.07) is 3.09. The minimum absolute atomic E-state index is 0.346. The minimum atomic E-state index is -1.63. The van der Waals surface area contributed by atoms with Gasteiger partial charge < -0.3 is 9.16 Å². The molecule has 0 aliphatic rings. The molecule has 0 aromatic carbocycles. The van der Waals surface area contributed by atoms with E-state index < -0.39 is 8.32 Å². The molecule has 0 aliphatic carbocycles. The van der Waals surface area contributed by atoms with Gasteiger partial charge in [0.25, 0.3) is 0 Å². The van der Waals surface area contributed by atoms with Gasteiger partial charge in [0.2, 0.25) is 0 Å². The molecule has 3 nitrogen and oxygen atoms in total. The standard InChI is InChI=1S/C11H22O3Si/c1-5-9-15(7-3,13-4)10-8-14-11(12)6-2/h6H,2,5,7-10H2,1,3-4H3. The van der Waals surface area contributed by atoms with Crippen molar-refractivity contribution in [2.45, 2.75) is 38.4 Å². The van der Waals surface area contributed by atoms with Gasteiger partial charge in [-0.25, -0.2) is 4.79 Å². The normalized spacial score (nSPS) is 14.3. The van der Waals surface area contributed by atoms with Crippen LogP contribution in [0, 0.1) is 0 Å². The Kier molecular flexibility index (Phi) is 7.34. The Labute approximate surface area is 93.6 Å². The van der Waals surface area contributed by atoms with Gasteiger partial charge in [0.15, 0.2) is 8.32 Å². The summed E-state index contributed by atoms with van der Waals surface area (Å²) in [5.41, 5.74) is 0. The number of rotatable bonds is 8. The number of carbonyl (C=O) groups is 1. The highest BCUT2D eigenvalue weighted by atomic mass is 28.4. The lowest BCUT2D eigenvalue weighted by Crippen LogP contribution is -2.37. The van der Waals surface area contributed by atoms with Crippen molar-refractivity contribution >= 4 is 14.3 Å². The Hall–Kier alpha value is -0.613. The second kappa shape index (κ2) is 7.65. The zero-order valence-corrected chi connectivity index (χ0v) is 11.0. The van der Waals surface area contributed by atoms with E-state index in [0.29, 0.717) is 6.61 Å². The maximum absolute atomic E-state index is 10.9. The first kappa shape index (κ1) is 14.4. The van der Waals surface area contributed by atoms with Gasteiger partial charge in [-0.15, -0.1) is 0 Å². The third-order valence-corrected chi connectivity index (χ3v) is 7.43. The summed E-state index contributed by atoms with van der Waals surface area (Å²) < 4.78 is 10.7. The molecule has 0 aliphatic heterocycles. The second-order valence-electron chi connectivity index (χ2n) is 3.61. The van der Waals surface area contributed by atoms with Crippen molar-refractivity contribution in [3.05, 3.63) is 12.7 Å². The molecular formula is C11H22O3Si. The third kappa shape index (κ3) is 5.13. The van der Waals surface area contributed by atoms with Crippen LogP contribution in [0.2, 0.25) is 18.1 Å². The zero-order valence-electron chi connectivity index (χ0n) is 10.0. The van der Waals surface area contributed by atoms with Gasteiger partial charge in [0.1, 0.15) is 0 Å². The quantitative estimate of drug-likeness (QED) is 0.365. The first-order valence-electron chi connectivity index (χ1n) is 5.48. The minimum Gasteiger partial charge on any atom is -0.463 e. The van der Waals surface area contributed by atoms with E-state index in [2.05, 4.69) is 20.4 Å². The molecule has 1 atom stereocenters. The average molecular weight is 230 g/mol. The first-order chi connectivity index (χ1) is 7.14. The molecule has 1 unspecified atom stereocenters. The second-order valence-corrected chi connectivity index (χ2v) is 8.09. The molecule has 0 aromatic heterocycles. The number of carbonyl (C=O) groups excluding carboxylic acids is 1. The van der Waals surface area contributed by atoms with Gasteiger partial charge in [-0.2, -0.15) is 0 Å². The van der Waals surface area contributed by atoms with E-state index in [1.807, 2.05) is 0 Å². The number of esters is 1. The van der Waals surface area contributed by atoms with Crippen molar-refractivity contribution in [2.24, 2.45) is 0 Å². The molecule has 15 heavy (non-hydrogen) atoms. The van der Waals surface area contributed by atoms with Gasteiger partial charge >= 0.3 is 5.97 Å². The van der Waals surface area contributed by atoms with Crippen molar-refractivity contribution < 1.29 is 14.0 Å². The van der Waals surface area contributed by atoms with E-state index in [1.165, 1.54) is 6.08 Å². The van der Waals surface area contributed by atoms with Crippen LogP contribution in [0.4, 0.5) is 0 Å². The largest absolute Gasteiger partial charge is 0.463 e.